The number of carboxylic acid groups (broad SMARTS) is 3. The average molecular weight is 795 g/mol. The van der Waals surface area contributed by atoms with Crippen LogP contribution in [0.4, 0.5) is 0 Å². The summed E-state index contributed by atoms with van der Waals surface area (Å²) in [6, 6.07) is 0. The summed E-state index contributed by atoms with van der Waals surface area (Å²) in [5, 5.41) is 29.2. The fourth-order valence-corrected chi connectivity index (χ4v) is 7.74. The molecule has 3 N–H and O–H groups in total. The molecule has 0 aromatic carbocycles. The Morgan fingerprint density at radius 2 is 0.723 bits per heavy atom. The van der Waals surface area contributed by atoms with Crippen molar-refractivity contribution < 1.29 is 29.7 Å². The van der Waals surface area contributed by atoms with Gasteiger partial charge in [-0.1, -0.05) is 167 Å². The SMILES string of the molecule is BrCCCCCCCCCCCCBr.O=C(O)C1(CCCCCCCCCCCCC2(C(=O)O)CCC2)CCC1.O=C(O)C1CCC1. The third-order valence-electron chi connectivity index (χ3n) is 11.1. The van der Waals surface area contributed by atoms with E-state index in [-0.39, 0.29) is 16.7 Å². The number of aliphatic carboxylic acids is 3. The molecule has 0 aromatic rings. The van der Waals surface area contributed by atoms with E-state index in [1.165, 1.54) is 126 Å². The van der Waals surface area contributed by atoms with Gasteiger partial charge in [0.05, 0.1) is 16.7 Å². The highest BCUT2D eigenvalue weighted by atomic mass is 79.9. The van der Waals surface area contributed by atoms with Gasteiger partial charge in [0.15, 0.2) is 0 Å². The monoisotopic (exact) mass is 792 g/mol. The van der Waals surface area contributed by atoms with Gasteiger partial charge in [-0.2, -0.15) is 0 Å². The van der Waals surface area contributed by atoms with E-state index in [4.69, 9.17) is 5.11 Å². The molecule has 0 bridgehead atoms. The van der Waals surface area contributed by atoms with Crippen LogP contribution in [0.3, 0.4) is 0 Å². The van der Waals surface area contributed by atoms with Gasteiger partial charge in [-0.25, -0.2) is 0 Å². The molecule has 0 heterocycles. The lowest BCUT2D eigenvalue weighted by molar-refractivity contribution is -0.156. The highest BCUT2D eigenvalue weighted by Gasteiger charge is 2.44. The predicted molar refractivity (Wildman–Crippen MR) is 202 cm³/mol. The molecule has 6 nitrogen and oxygen atoms in total. The molecule has 0 aliphatic heterocycles. The first kappa shape index (κ1) is 44.4. The zero-order valence-corrected chi connectivity index (χ0v) is 32.9. The van der Waals surface area contributed by atoms with Gasteiger partial charge in [0.25, 0.3) is 0 Å². The summed E-state index contributed by atoms with van der Waals surface area (Å²) in [6.07, 6.45) is 36.6. The minimum absolute atomic E-state index is 0.000000000000000444. The Labute approximate surface area is 304 Å². The van der Waals surface area contributed by atoms with Crippen molar-refractivity contribution in [3.05, 3.63) is 0 Å². The summed E-state index contributed by atoms with van der Waals surface area (Å²) in [5.41, 5.74) is -0.725. The largest absolute Gasteiger partial charge is 0.481 e. The standard InChI is InChI=1S/C22H38O4.C12H24Br2.C5H8O2/c23-19(24)21(15-11-16-21)13-9-7-5-3-1-2-4-6-8-10-14-22(20(25)26)17-12-18-22;13-11-9-7-5-3-1-2-4-6-8-10-12-14;6-5(7)4-2-1-3-4/h1-18H2,(H,23,24)(H,25,26);1-12H2;4H,1-3H2,(H,6,7). The fraction of sp³-hybridized carbons (Fsp3) is 0.923. The molecule has 3 aliphatic rings. The minimum atomic E-state index is -0.619. The zero-order chi connectivity index (χ0) is 34.6. The number of rotatable bonds is 27. The Bertz CT molecular complexity index is 753. The van der Waals surface area contributed by atoms with E-state index >= 15 is 0 Å². The summed E-state index contributed by atoms with van der Waals surface area (Å²) < 4.78 is 0. The Kier molecular flexibility index (Phi) is 26.5. The van der Waals surface area contributed by atoms with Gasteiger partial charge in [-0.05, 0) is 64.2 Å². The van der Waals surface area contributed by atoms with E-state index in [0.717, 1.165) is 83.5 Å². The van der Waals surface area contributed by atoms with E-state index in [1.54, 1.807) is 0 Å². The molecular formula is C39H70Br2O6. The second kappa shape index (κ2) is 28.1. The van der Waals surface area contributed by atoms with Gasteiger partial charge in [-0.3, -0.25) is 14.4 Å². The van der Waals surface area contributed by atoms with Crippen molar-refractivity contribution in [3.8, 4) is 0 Å². The molecule has 3 fully saturated rings. The lowest BCUT2D eigenvalue weighted by Crippen LogP contribution is -2.37. The summed E-state index contributed by atoms with van der Waals surface area (Å²) in [7, 11) is 0. The maximum Gasteiger partial charge on any atom is 0.309 e. The molecule has 3 rings (SSSR count). The second-order valence-electron chi connectivity index (χ2n) is 14.8. The van der Waals surface area contributed by atoms with Crippen molar-refractivity contribution in [1.29, 1.82) is 0 Å². The number of unbranched alkanes of at least 4 members (excludes halogenated alkanes) is 18. The molecular weight excluding hydrogens is 724 g/mol. The lowest BCUT2D eigenvalue weighted by atomic mass is 9.66. The Morgan fingerprint density at radius 3 is 0.872 bits per heavy atom. The number of hydrogen-bond acceptors (Lipinski definition) is 3. The molecule has 3 saturated carbocycles. The quantitative estimate of drug-likeness (QED) is 0.0564. The third kappa shape index (κ3) is 20.0. The average Bonchev–Trinajstić information content (AvgIpc) is 2.96. The van der Waals surface area contributed by atoms with Crippen LogP contribution in [0.1, 0.15) is 199 Å². The second-order valence-corrected chi connectivity index (χ2v) is 16.4. The first-order valence-electron chi connectivity index (χ1n) is 19.5. The molecule has 0 unspecified atom stereocenters. The summed E-state index contributed by atoms with van der Waals surface area (Å²) in [4.78, 5) is 32.6. The smallest absolute Gasteiger partial charge is 0.309 e. The highest BCUT2D eigenvalue weighted by Crippen LogP contribution is 2.46. The Balaban J connectivity index is 0.000000436. The van der Waals surface area contributed by atoms with E-state index < -0.39 is 17.9 Å². The van der Waals surface area contributed by atoms with Gasteiger partial charge in [-0.15, -0.1) is 0 Å². The summed E-state index contributed by atoms with van der Waals surface area (Å²) in [6.45, 7) is 0. The summed E-state index contributed by atoms with van der Waals surface area (Å²) >= 11 is 6.93. The van der Waals surface area contributed by atoms with E-state index in [0.29, 0.717) is 0 Å². The van der Waals surface area contributed by atoms with Crippen LogP contribution in [0.15, 0.2) is 0 Å². The number of carboxylic acids is 3. The third-order valence-corrected chi connectivity index (χ3v) is 12.2. The van der Waals surface area contributed by atoms with Gasteiger partial charge >= 0.3 is 17.9 Å². The molecule has 0 atom stereocenters. The molecule has 0 saturated heterocycles. The lowest BCUT2D eigenvalue weighted by Gasteiger charge is -2.37. The maximum absolute atomic E-state index is 11.3. The fourth-order valence-electron chi connectivity index (χ4n) is 6.95. The van der Waals surface area contributed by atoms with Crippen LogP contribution < -0.4 is 0 Å². The minimum Gasteiger partial charge on any atom is -0.481 e. The van der Waals surface area contributed by atoms with E-state index in [2.05, 4.69) is 31.9 Å². The van der Waals surface area contributed by atoms with Crippen molar-refractivity contribution in [2.24, 2.45) is 16.7 Å². The van der Waals surface area contributed by atoms with Crippen molar-refractivity contribution >= 4 is 49.8 Å². The molecule has 276 valence electrons. The van der Waals surface area contributed by atoms with Crippen LogP contribution >= 0.6 is 31.9 Å². The number of hydrogen-bond donors (Lipinski definition) is 3. The predicted octanol–water partition coefficient (Wildman–Crippen LogP) is 12.7. The molecule has 8 heteroatoms. The summed E-state index contributed by atoms with van der Waals surface area (Å²) in [5.74, 6) is -1.77. The van der Waals surface area contributed by atoms with Gasteiger partial charge < -0.3 is 15.3 Å². The molecule has 3 aliphatic carbocycles. The molecule has 47 heavy (non-hydrogen) atoms. The maximum atomic E-state index is 11.3. The van der Waals surface area contributed by atoms with Crippen LogP contribution in [-0.4, -0.2) is 43.9 Å². The van der Waals surface area contributed by atoms with Gasteiger partial charge in [0, 0.05) is 10.7 Å². The Morgan fingerprint density at radius 1 is 0.447 bits per heavy atom. The first-order valence-corrected chi connectivity index (χ1v) is 21.8. The normalized spacial score (nSPS) is 17.5. The number of alkyl halides is 2. The van der Waals surface area contributed by atoms with Crippen LogP contribution in [0, 0.1) is 16.7 Å². The van der Waals surface area contributed by atoms with Crippen molar-refractivity contribution in [2.45, 2.75) is 199 Å². The molecule has 0 spiro atoms. The van der Waals surface area contributed by atoms with Crippen molar-refractivity contribution in [1.82, 2.24) is 0 Å². The topological polar surface area (TPSA) is 112 Å². The molecule has 0 radical (unpaired) electrons. The zero-order valence-electron chi connectivity index (χ0n) is 29.7. The van der Waals surface area contributed by atoms with Crippen molar-refractivity contribution in [3.63, 3.8) is 0 Å². The van der Waals surface area contributed by atoms with Crippen LogP contribution in [0.2, 0.25) is 0 Å². The van der Waals surface area contributed by atoms with Gasteiger partial charge in [0.2, 0.25) is 0 Å². The van der Waals surface area contributed by atoms with Crippen LogP contribution in [0.25, 0.3) is 0 Å². The molecule has 0 aromatic heterocycles. The Hall–Kier alpha value is -0.630. The van der Waals surface area contributed by atoms with Crippen molar-refractivity contribution in [2.75, 3.05) is 10.7 Å². The van der Waals surface area contributed by atoms with E-state index in [1.807, 2.05) is 0 Å². The van der Waals surface area contributed by atoms with Gasteiger partial charge in [0.1, 0.15) is 0 Å². The number of halogens is 2. The van der Waals surface area contributed by atoms with E-state index in [9.17, 15) is 24.6 Å². The van der Waals surface area contributed by atoms with Crippen LogP contribution in [0.5, 0.6) is 0 Å². The van der Waals surface area contributed by atoms with Crippen LogP contribution in [-0.2, 0) is 14.4 Å². The highest BCUT2D eigenvalue weighted by molar-refractivity contribution is 9.09. The number of carbonyl (C=O) groups is 3. The first-order chi connectivity index (χ1) is 22.7. The molecule has 0 amide bonds.